The zero-order valence-electron chi connectivity index (χ0n) is 40.2. The Hall–Kier alpha value is -6.63. The van der Waals surface area contributed by atoms with Crippen LogP contribution in [-0.4, -0.2) is 39.2 Å². The number of hydrogen-bond donors (Lipinski definition) is 0. The van der Waals surface area contributed by atoms with Gasteiger partial charge >= 0.3 is 0 Å². The van der Waals surface area contributed by atoms with Crippen LogP contribution in [0.5, 0.6) is 0 Å². The molecule has 5 heterocycles. The highest BCUT2D eigenvalue weighted by Gasteiger charge is 2.47. The number of benzene rings is 7. The van der Waals surface area contributed by atoms with Gasteiger partial charge in [-0.25, -0.2) is 9.97 Å². The molecule has 3 aliphatic carbocycles. The van der Waals surface area contributed by atoms with Crippen molar-refractivity contribution in [1.29, 1.82) is 0 Å². The second kappa shape index (κ2) is 17.1. The highest BCUT2D eigenvalue weighted by molar-refractivity contribution is 8.34. The minimum atomic E-state index is -1.93. The van der Waals surface area contributed by atoms with E-state index in [1.807, 2.05) is 0 Å². The second-order valence-electron chi connectivity index (χ2n) is 21.4. The van der Waals surface area contributed by atoms with Crippen molar-refractivity contribution in [3.63, 3.8) is 0 Å². The Bertz CT molecular complexity index is 3260. The van der Waals surface area contributed by atoms with E-state index >= 15 is 0 Å². The van der Waals surface area contributed by atoms with Crippen LogP contribution in [0.25, 0.3) is 50.3 Å². The number of rotatable bonds is 10. The molecule has 7 aromatic carbocycles. The van der Waals surface area contributed by atoms with Crippen LogP contribution in [0.15, 0.2) is 208 Å². The van der Waals surface area contributed by atoms with Crippen molar-refractivity contribution in [2.24, 2.45) is 23.7 Å². The van der Waals surface area contributed by atoms with Crippen LogP contribution in [0.4, 0.5) is 11.4 Å². The van der Waals surface area contributed by atoms with Crippen LogP contribution in [0.1, 0.15) is 64.7 Å². The molecule has 2 aromatic heterocycles. The Morgan fingerprint density at radius 1 is 0.457 bits per heavy atom. The van der Waals surface area contributed by atoms with E-state index in [-0.39, 0.29) is 0 Å². The van der Waals surface area contributed by atoms with Gasteiger partial charge in [-0.2, -0.15) is 0 Å². The molecule has 6 bridgehead atoms. The molecule has 3 saturated carbocycles. The molecule has 9 aromatic rings. The van der Waals surface area contributed by atoms with Crippen LogP contribution in [0.2, 0.25) is 0 Å². The SMILES string of the molecule is CCC1CC2CC(C1)N(c1cccc(-c3cc(-n4c5ccccc5c5cc(N6C7CC8CC(C7)CC6C8)ccc54)nc(-c4cccc(S(c5ccccc5)(c5ccccc5)c5ccccc5)c4)n3)c1)C2. The molecule has 348 valence electrons. The van der Waals surface area contributed by atoms with E-state index in [1.54, 1.807) is 0 Å². The highest BCUT2D eigenvalue weighted by atomic mass is 32.3. The Morgan fingerprint density at radius 3 is 1.77 bits per heavy atom. The summed E-state index contributed by atoms with van der Waals surface area (Å²) < 4.78 is 2.42. The van der Waals surface area contributed by atoms with Crippen molar-refractivity contribution in [2.45, 2.75) is 102 Å². The smallest absolute Gasteiger partial charge is 0.162 e. The Kier molecular flexibility index (Phi) is 10.3. The van der Waals surface area contributed by atoms with Crippen LogP contribution < -0.4 is 9.80 Å². The number of anilines is 2. The standard InChI is InChI=1S/C64H61N5S/c1-2-43-30-46-37-51(32-43)67(42-46)49-18-14-16-47(38-49)60-41-63(69-61-27-13-12-26-58(61)59-40-50(28-29-62(59)69)68-52-33-44-31-45(35-52)36-53(68)34-44)66-64(65-60)48-17-15-25-57(39-48)70(54-19-6-3-7-20-54,55-21-8-4-9-22-55)56-23-10-5-11-24-56/h3-29,38-41,43-46,51-53H,2,30-37,42H2,1H3. The monoisotopic (exact) mass is 931 g/mol. The van der Waals surface area contributed by atoms with Gasteiger partial charge in [0.05, 0.1) is 16.7 Å². The first-order valence-electron chi connectivity index (χ1n) is 26.2. The Labute approximate surface area is 414 Å². The lowest BCUT2D eigenvalue weighted by Crippen LogP contribution is -2.58. The molecule has 6 fully saturated rings. The first kappa shape index (κ1) is 42.3. The minimum Gasteiger partial charge on any atom is -0.368 e. The number of nitrogens with zero attached hydrogens (tertiary/aromatic N) is 5. The summed E-state index contributed by atoms with van der Waals surface area (Å²) in [4.78, 5) is 22.0. The molecular formula is C64H61N5S. The Balaban J connectivity index is 0.958. The third-order valence-corrected chi connectivity index (χ3v) is 21.2. The average molecular weight is 932 g/mol. The predicted molar refractivity (Wildman–Crippen MR) is 290 cm³/mol. The van der Waals surface area contributed by atoms with E-state index in [2.05, 4.69) is 209 Å². The molecule has 6 heteroatoms. The Morgan fingerprint density at radius 2 is 1.07 bits per heavy atom. The number of hydrogen-bond acceptors (Lipinski definition) is 4. The van der Waals surface area contributed by atoms with Crippen LogP contribution in [-0.2, 0) is 0 Å². The first-order valence-corrected chi connectivity index (χ1v) is 27.9. The van der Waals surface area contributed by atoms with Gasteiger partial charge in [-0.1, -0.05) is 110 Å². The third kappa shape index (κ3) is 6.95. The number of piperidine rings is 2. The molecule has 3 unspecified atom stereocenters. The molecule has 3 aliphatic heterocycles. The molecule has 0 radical (unpaired) electrons. The molecule has 5 nitrogen and oxygen atoms in total. The lowest BCUT2D eigenvalue weighted by molar-refractivity contribution is 0.0900. The second-order valence-corrected chi connectivity index (χ2v) is 24.5. The summed E-state index contributed by atoms with van der Waals surface area (Å²) in [7, 11) is -1.93. The van der Waals surface area contributed by atoms with Crippen molar-refractivity contribution in [3.05, 3.63) is 188 Å². The van der Waals surface area contributed by atoms with Crippen molar-refractivity contribution < 1.29 is 0 Å². The van der Waals surface area contributed by atoms with E-state index < -0.39 is 10.0 Å². The van der Waals surface area contributed by atoms with Gasteiger partial charge in [0.2, 0.25) is 0 Å². The van der Waals surface area contributed by atoms with E-state index in [1.165, 1.54) is 111 Å². The number of fused-ring (bicyclic) bond motifs is 5. The average Bonchev–Trinajstić information content (AvgIpc) is 3.91. The van der Waals surface area contributed by atoms with Gasteiger partial charge in [-0.05, 0) is 160 Å². The topological polar surface area (TPSA) is 37.2 Å². The molecule has 0 spiro atoms. The maximum Gasteiger partial charge on any atom is 0.162 e. The van der Waals surface area contributed by atoms with Gasteiger partial charge in [-0.3, -0.25) is 4.57 Å². The van der Waals surface area contributed by atoms with E-state index in [4.69, 9.17) is 9.97 Å². The summed E-state index contributed by atoms with van der Waals surface area (Å²) in [5, 5.41) is 2.56. The van der Waals surface area contributed by atoms with Crippen molar-refractivity contribution >= 4 is 43.2 Å². The van der Waals surface area contributed by atoms with Gasteiger partial charge < -0.3 is 9.80 Å². The summed E-state index contributed by atoms with van der Waals surface area (Å²) in [5.74, 6) is 5.07. The van der Waals surface area contributed by atoms with Crippen LogP contribution >= 0.6 is 10.0 Å². The largest absolute Gasteiger partial charge is 0.368 e. The number of aromatic nitrogens is 3. The van der Waals surface area contributed by atoms with Crippen molar-refractivity contribution in [3.8, 4) is 28.5 Å². The molecule has 70 heavy (non-hydrogen) atoms. The summed E-state index contributed by atoms with van der Waals surface area (Å²) in [6.45, 7) is 3.53. The minimum absolute atomic E-state index is 0.609. The third-order valence-electron chi connectivity index (χ3n) is 17.3. The summed E-state index contributed by atoms with van der Waals surface area (Å²) >= 11 is 0. The first-order chi connectivity index (χ1) is 34.6. The fraction of sp³-hybridized carbons (Fsp3) is 0.281. The highest BCUT2D eigenvalue weighted by Crippen LogP contribution is 2.73. The van der Waals surface area contributed by atoms with Gasteiger partial charge in [0.1, 0.15) is 5.82 Å². The van der Waals surface area contributed by atoms with Crippen molar-refractivity contribution in [1.82, 2.24) is 14.5 Å². The molecule has 15 rings (SSSR count). The summed E-state index contributed by atoms with van der Waals surface area (Å²) in [6.07, 6.45) is 12.1. The predicted octanol–water partition coefficient (Wildman–Crippen LogP) is 16.0. The molecule has 0 amide bonds. The quantitative estimate of drug-likeness (QED) is 0.137. The van der Waals surface area contributed by atoms with Gasteiger partial charge in [0.15, 0.2) is 5.82 Å². The maximum absolute atomic E-state index is 5.69. The molecule has 0 N–H and O–H groups in total. The zero-order chi connectivity index (χ0) is 46.3. The normalized spacial score (nSPS) is 23.9. The lowest BCUT2D eigenvalue weighted by atomic mass is 9.63. The fourth-order valence-corrected chi connectivity index (χ4v) is 18.4. The van der Waals surface area contributed by atoms with E-state index in [0.29, 0.717) is 18.1 Å². The fourth-order valence-electron chi connectivity index (χ4n) is 14.5. The molecular weight excluding hydrogens is 871 g/mol. The van der Waals surface area contributed by atoms with Gasteiger partial charge in [0, 0.05) is 83.6 Å². The van der Waals surface area contributed by atoms with E-state index in [9.17, 15) is 0 Å². The van der Waals surface area contributed by atoms with Crippen LogP contribution in [0.3, 0.4) is 0 Å². The van der Waals surface area contributed by atoms with Crippen LogP contribution in [0, 0.1) is 23.7 Å². The zero-order valence-corrected chi connectivity index (χ0v) is 41.0. The van der Waals surface area contributed by atoms with Gasteiger partial charge in [0.25, 0.3) is 0 Å². The summed E-state index contributed by atoms with van der Waals surface area (Å²) in [6, 6.07) is 72.4. The maximum atomic E-state index is 5.69. The number of para-hydroxylation sites is 1. The van der Waals surface area contributed by atoms with Crippen molar-refractivity contribution in [2.75, 3.05) is 16.3 Å². The summed E-state index contributed by atoms with van der Waals surface area (Å²) in [5.41, 5.74) is 8.13. The van der Waals surface area contributed by atoms with Gasteiger partial charge in [-0.15, -0.1) is 10.0 Å². The lowest BCUT2D eigenvalue weighted by Gasteiger charge is -2.57. The molecule has 3 atom stereocenters. The molecule has 3 saturated heterocycles. The van der Waals surface area contributed by atoms with E-state index in [0.717, 1.165) is 58.7 Å². The molecule has 6 aliphatic rings.